The number of sulfone groups is 1. The van der Waals surface area contributed by atoms with E-state index in [1.165, 1.54) is 25.3 Å². The molecule has 5 nitrogen and oxygen atoms in total. The normalized spacial score (nSPS) is 11.5. The lowest BCUT2D eigenvalue weighted by atomic mass is 10.1. The van der Waals surface area contributed by atoms with Crippen molar-refractivity contribution >= 4 is 21.7 Å². The van der Waals surface area contributed by atoms with Crippen molar-refractivity contribution in [2.45, 2.75) is 23.1 Å². The van der Waals surface area contributed by atoms with Gasteiger partial charge in [0.1, 0.15) is 10.6 Å². The molecule has 2 aromatic carbocycles. The van der Waals surface area contributed by atoms with E-state index in [1.807, 2.05) is 13.0 Å². The van der Waals surface area contributed by atoms with Gasteiger partial charge in [-0.25, -0.2) is 8.42 Å². The highest BCUT2D eigenvalue weighted by molar-refractivity contribution is 7.91. The molecule has 0 aliphatic carbocycles. The Hall–Kier alpha value is -3.25. The zero-order valence-electron chi connectivity index (χ0n) is 16.2. The summed E-state index contributed by atoms with van der Waals surface area (Å²) in [6.45, 7) is 1.83. The van der Waals surface area contributed by atoms with Gasteiger partial charge in [0.15, 0.2) is 5.78 Å². The van der Waals surface area contributed by atoms with Crippen LogP contribution in [0.2, 0.25) is 0 Å². The maximum absolute atomic E-state index is 13.0. The number of carbonyl (C=O) groups excluding carboxylic acids is 1. The van der Waals surface area contributed by atoms with E-state index in [-0.39, 0.29) is 22.0 Å². The van der Waals surface area contributed by atoms with Crippen LogP contribution in [0.25, 0.3) is 6.08 Å². The Balaban J connectivity index is 1.77. The maximum Gasteiger partial charge on any atom is 0.210 e. The van der Waals surface area contributed by atoms with Crippen LogP contribution in [0.4, 0.5) is 0 Å². The van der Waals surface area contributed by atoms with Crippen LogP contribution in [-0.2, 0) is 21.1 Å². The molecule has 0 unspecified atom stereocenters. The molecule has 0 aliphatic rings. The van der Waals surface area contributed by atoms with Crippen LogP contribution in [0, 0.1) is 6.92 Å². The average molecular weight is 407 g/mol. The zero-order valence-corrected chi connectivity index (χ0v) is 17.0. The molecule has 0 fully saturated rings. The van der Waals surface area contributed by atoms with Crippen molar-refractivity contribution in [3.8, 4) is 5.75 Å². The molecule has 6 heteroatoms. The van der Waals surface area contributed by atoms with E-state index < -0.39 is 9.84 Å². The summed E-state index contributed by atoms with van der Waals surface area (Å²) in [4.78, 5) is 16.4. The minimum atomic E-state index is -3.73. The summed E-state index contributed by atoms with van der Waals surface area (Å²) in [5, 5.41) is 0. The lowest BCUT2D eigenvalue weighted by molar-refractivity contribution is -0.113. The van der Waals surface area contributed by atoms with Gasteiger partial charge in [0.2, 0.25) is 9.84 Å². The second kappa shape index (κ2) is 8.84. The molecule has 3 rings (SSSR count). The van der Waals surface area contributed by atoms with Gasteiger partial charge in [0.25, 0.3) is 0 Å². The number of pyridine rings is 1. The third-order valence-corrected chi connectivity index (χ3v) is 6.16. The third-order valence-electron chi connectivity index (χ3n) is 4.37. The summed E-state index contributed by atoms with van der Waals surface area (Å²) in [6, 6.07) is 15.0. The van der Waals surface area contributed by atoms with Crippen molar-refractivity contribution in [3.05, 3.63) is 89.8 Å². The van der Waals surface area contributed by atoms with Crippen molar-refractivity contribution in [2.24, 2.45) is 0 Å². The quantitative estimate of drug-likeness (QED) is 0.552. The number of allylic oxidation sites excluding steroid dienone is 1. The van der Waals surface area contributed by atoms with Crippen LogP contribution in [0.3, 0.4) is 0 Å². The first kappa shape index (κ1) is 20.5. The fraction of sp³-hybridized carbons (Fsp3) is 0.130. The van der Waals surface area contributed by atoms with E-state index in [1.54, 1.807) is 54.9 Å². The molecule has 0 N–H and O–H groups in total. The molecule has 0 aliphatic heterocycles. The SMILES string of the molecule is COc1ccc(C)cc1S(=O)(=O)c1ccc(CC(=O)/C=C/c2cccnc2)cc1. The van der Waals surface area contributed by atoms with Gasteiger partial charge < -0.3 is 4.74 Å². The second-order valence-corrected chi connectivity index (χ2v) is 8.48. The van der Waals surface area contributed by atoms with Gasteiger partial charge in [-0.2, -0.15) is 0 Å². The molecule has 0 bridgehead atoms. The summed E-state index contributed by atoms with van der Waals surface area (Å²) in [5.41, 5.74) is 2.40. The van der Waals surface area contributed by atoms with Crippen LogP contribution in [0.1, 0.15) is 16.7 Å². The Bertz CT molecular complexity index is 1140. The summed E-state index contributed by atoms with van der Waals surface area (Å²) >= 11 is 0. The molecule has 0 spiro atoms. The number of benzene rings is 2. The van der Waals surface area contributed by atoms with Gasteiger partial charge in [-0.1, -0.05) is 24.3 Å². The van der Waals surface area contributed by atoms with Crippen molar-refractivity contribution in [3.63, 3.8) is 0 Å². The Kier molecular flexibility index (Phi) is 6.24. The molecule has 3 aromatic rings. The van der Waals surface area contributed by atoms with E-state index >= 15 is 0 Å². The summed E-state index contributed by atoms with van der Waals surface area (Å²) in [5.74, 6) is 0.222. The van der Waals surface area contributed by atoms with E-state index in [9.17, 15) is 13.2 Å². The Morgan fingerprint density at radius 3 is 2.52 bits per heavy atom. The van der Waals surface area contributed by atoms with Crippen molar-refractivity contribution in [2.75, 3.05) is 7.11 Å². The lowest BCUT2D eigenvalue weighted by Crippen LogP contribution is -2.05. The predicted molar refractivity (Wildman–Crippen MR) is 112 cm³/mol. The molecular weight excluding hydrogens is 386 g/mol. The molecule has 1 aromatic heterocycles. The fourth-order valence-corrected chi connectivity index (χ4v) is 4.34. The molecular formula is C23H21NO4S. The Labute approximate surface area is 170 Å². The molecule has 0 saturated carbocycles. The van der Waals surface area contributed by atoms with Crippen molar-refractivity contribution < 1.29 is 17.9 Å². The summed E-state index contributed by atoms with van der Waals surface area (Å²) in [7, 11) is -2.28. The number of methoxy groups -OCH3 is 1. The molecule has 29 heavy (non-hydrogen) atoms. The van der Waals surface area contributed by atoms with Gasteiger partial charge in [0.05, 0.1) is 12.0 Å². The first-order chi connectivity index (χ1) is 13.9. The molecule has 148 valence electrons. The van der Waals surface area contributed by atoms with Gasteiger partial charge in [-0.15, -0.1) is 0 Å². The number of aryl methyl sites for hydroxylation is 1. The molecule has 0 radical (unpaired) electrons. The van der Waals surface area contributed by atoms with Gasteiger partial charge in [-0.3, -0.25) is 9.78 Å². The molecule has 1 heterocycles. The molecule has 0 atom stereocenters. The Morgan fingerprint density at radius 2 is 1.86 bits per heavy atom. The van der Waals surface area contributed by atoms with E-state index in [0.717, 1.165) is 16.7 Å². The maximum atomic E-state index is 13.0. The highest BCUT2D eigenvalue weighted by Gasteiger charge is 2.22. The summed E-state index contributed by atoms with van der Waals surface area (Å²) in [6.07, 6.45) is 6.73. The minimum Gasteiger partial charge on any atom is -0.495 e. The number of hydrogen-bond donors (Lipinski definition) is 0. The number of ether oxygens (including phenoxy) is 1. The first-order valence-electron chi connectivity index (χ1n) is 9.00. The smallest absolute Gasteiger partial charge is 0.210 e. The summed E-state index contributed by atoms with van der Waals surface area (Å²) < 4.78 is 31.2. The van der Waals surface area contributed by atoms with Crippen molar-refractivity contribution in [1.29, 1.82) is 0 Å². The van der Waals surface area contributed by atoms with Crippen LogP contribution < -0.4 is 4.74 Å². The largest absolute Gasteiger partial charge is 0.495 e. The van der Waals surface area contributed by atoms with Gasteiger partial charge in [-0.05, 0) is 66.1 Å². The van der Waals surface area contributed by atoms with Crippen LogP contribution in [0.15, 0.2) is 82.9 Å². The number of carbonyl (C=O) groups is 1. The highest BCUT2D eigenvalue weighted by Crippen LogP contribution is 2.30. The Morgan fingerprint density at radius 1 is 1.10 bits per heavy atom. The number of ketones is 1. The van der Waals surface area contributed by atoms with E-state index in [2.05, 4.69) is 4.98 Å². The van der Waals surface area contributed by atoms with Crippen LogP contribution in [-0.4, -0.2) is 26.3 Å². The number of rotatable bonds is 7. The predicted octanol–water partition coefficient (Wildman–Crippen LogP) is 4.06. The second-order valence-electron chi connectivity index (χ2n) is 6.56. The van der Waals surface area contributed by atoms with Crippen LogP contribution in [0.5, 0.6) is 5.75 Å². The van der Waals surface area contributed by atoms with Crippen LogP contribution >= 0.6 is 0 Å². The zero-order chi connectivity index (χ0) is 20.9. The number of aromatic nitrogens is 1. The standard InChI is InChI=1S/C23H21NO4S/c1-17-5-12-22(28-2)23(14-17)29(26,27)21-10-7-18(8-11-21)15-20(25)9-6-19-4-3-13-24-16-19/h3-14,16H,15H2,1-2H3/b9-6+. The third kappa shape index (κ3) is 4.97. The lowest BCUT2D eigenvalue weighted by Gasteiger charge is -2.11. The fourth-order valence-electron chi connectivity index (χ4n) is 2.83. The minimum absolute atomic E-state index is 0.0789. The first-order valence-corrected chi connectivity index (χ1v) is 10.5. The topological polar surface area (TPSA) is 73.3 Å². The highest BCUT2D eigenvalue weighted by atomic mass is 32.2. The average Bonchev–Trinajstić information content (AvgIpc) is 2.73. The number of hydrogen-bond acceptors (Lipinski definition) is 5. The number of nitrogens with zero attached hydrogens (tertiary/aromatic N) is 1. The molecule has 0 amide bonds. The van der Waals surface area contributed by atoms with E-state index in [4.69, 9.17) is 4.74 Å². The van der Waals surface area contributed by atoms with Gasteiger partial charge >= 0.3 is 0 Å². The molecule has 0 saturated heterocycles. The monoisotopic (exact) mass is 407 g/mol. The van der Waals surface area contributed by atoms with E-state index in [0.29, 0.717) is 5.75 Å². The van der Waals surface area contributed by atoms with Crippen molar-refractivity contribution in [1.82, 2.24) is 4.98 Å². The van der Waals surface area contributed by atoms with Gasteiger partial charge in [0, 0.05) is 18.8 Å².